The first-order valence-corrected chi connectivity index (χ1v) is 5.98. The summed E-state index contributed by atoms with van der Waals surface area (Å²) < 4.78 is 5.07. The average molecular weight is 270 g/mol. The first-order chi connectivity index (χ1) is 9.60. The van der Waals surface area contributed by atoms with Crippen LogP contribution in [0.2, 0.25) is 0 Å². The molecule has 0 saturated heterocycles. The molecule has 0 radical (unpaired) electrons. The van der Waals surface area contributed by atoms with E-state index in [0.29, 0.717) is 5.75 Å². The molecule has 0 aliphatic carbocycles. The summed E-state index contributed by atoms with van der Waals surface area (Å²) in [6, 6.07) is 11.7. The third-order valence-corrected chi connectivity index (χ3v) is 2.82. The zero-order valence-corrected chi connectivity index (χ0v) is 10.9. The van der Waals surface area contributed by atoms with Crippen LogP contribution < -0.4 is 4.74 Å². The van der Waals surface area contributed by atoms with Crippen molar-refractivity contribution in [2.45, 2.75) is 0 Å². The van der Waals surface area contributed by atoms with Crippen LogP contribution in [-0.2, 0) is 0 Å². The van der Waals surface area contributed by atoms with Gasteiger partial charge in [-0.2, -0.15) is 0 Å². The van der Waals surface area contributed by atoms with Crippen molar-refractivity contribution in [2.24, 2.45) is 0 Å². The number of rotatable bonds is 4. The van der Waals surface area contributed by atoms with Crippen molar-refractivity contribution < 1.29 is 19.7 Å². The normalized spacial score (nSPS) is 10.7. The highest BCUT2D eigenvalue weighted by Crippen LogP contribution is 2.21. The van der Waals surface area contributed by atoms with Gasteiger partial charge in [-0.1, -0.05) is 30.4 Å². The standard InChI is InChI=1S/C16H14O4/c1-20-15-10-12(6-9-14(15)16(18)19)3-2-11-4-7-13(17)8-5-11/h2-10,17H,1H3,(H,18,19). The molecule has 0 fully saturated rings. The van der Waals surface area contributed by atoms with Crippen LogP contribution >= 0.6 is 0 Å². The fourth-order valence-corrected chi connectivity index (χ4v) is 1.77. The lowest BCUT2D eigenvalue weighted by Gasteiger charge is -2.05. The van der Waals surface area contributed by atoms with Crippen LogP contribution in [0.4, 0.5) is 0 Å². The van der Waals surface area contributed by atoms with Crippen LogP contribution in [0, 0.1) is 0 Å². The molecule has 2 rings (SSSR count). The number of phenols is 1. The highest BCUT2D eigenvalue weighted by molar-refractivity contribution is 5.91. The van der Waals surface area contributed by atoms with Crippen LogP contribution in [0.3, 0.4) is 0 Å². The maximum atomic E-state index is 11.0. The molecule has 4 nitrogen and oxygen atoms in total. The molecule has 0 spiro atoms. The predicted molar refractivity (Wildman–Crippen MR) is 77.0 cm³/mol. The molecule has 0 saturated carbocycles. The Kier molecular flexibility index (Phi) is 4.05. The van der Waals surface area contributed by atoms with E-state index in [0.717, 1.165) is 11.1 Å². The minimum atomic E-state index is -1.02. The molecule has 0 aliphatic heterocycles. The Labute approximate surface area is 116 Å². The number of aromatic hydroxyl groups is 1. The summed E-state index contributed by atoms with van der Waals surface area (Å²) in [7, 11) is 1.44. The Balaban J connectivity index is 2.25. The molecular weight excluding hydrogens is 256 g/mol. The average Bonchev–Trinajstić information content (AvgIpc) is 2.46. The molecule has 0 unspecified atom stereocenters. The van der Waals surface area contributed by atoms with Crippen LogP contribution in [0.1, 0.15) is 21.5 Å². The van der Waals surface area contributed by atoms with Gasteiger partial charge in [0.2, 0.25) is 0 Å². The summed E-state index contributed by atoms with van der Waals surface area (Å²) in [5.41, 5.74) is 1.90. The molecule has 102 valence electrons. The number of carboxylic acids is 1. The molecule has 0 aromatic heterocycles. The van der Waals surface area contributed by atoms with E-state index >= 15 is 0 Å². The maximum absolute atomic E-state index is 11.0. The van der Waals surface area contributed by atoms with Gasteiger partial charge in [-0.05, 0) is 35.4 Å². The van der Waals surface area contributed by atoms with E-state index in [9.17, 15) is 9.90 Å². The highest BCUT2D eigenvalue weighted by Gasteiger charge is 2.10. The summed E-state index contributed by atoms with van der Waals surface area (Å²) >= 11 is 0. The number of carboxylic acid groups (broad SMARTS) is 1. The number of benzene rings is 2. The van der Waals surface area contributed by atoms with Gasteiger partial charge in [-0.25, -0.2) is 4.79 Å². The monoisotopic (exact) mass is 270 g/mol. The van der Waals surface area contributed by atoms with Crippen molar-refractivity contribution in [1.82, 2.24) is 0 Å². The number of hydrogen-bond acceptors (Lipinski definition) is 3. The fraction of sp³-hybridized carbons (Fsp3) is 0.0625. The van der Waals surface area contributed by atoms with Crippen LogP contribution in [0.5, 0.6) is 11.5 Å². The number of carbonyl (C=O) groups is 1. The SMILES string of the molecule is COc1cc(C=Cc2ccc(O)cc2)ccc1C(=O)O. The Bertz CT molecular complexity index is 642. The topological polar surface area (TPSA) is 66.8 Å². The molecule has 0 heterocycles. The van der Waals surface area contributed by atoms with Crippen LogP contribution in [0.15, 0.2) is 42.5 Å². The van der Waals surface area contributed by atoms with Gasteiger partial charge in [-0.15, -0.1) is 0 Å². The summed E-state index contributed by atoms with van der Waals surface area (Å²) in [6.45, 7) is 0. The van der Waals surface area contributed by atoms with Gasteiger partial charge in [0.05, 0.1) is 7.11 Å². The van der Waals surface area contributed by atoms with Crippen molar-refractivity contribution in [2.75, 3.05) is 7.11 Å². The van der Waals surface area contributed by atoms with Crippen LogP contribution in [0.25, 0.3) is 12.2 Å². The van der Waals surface area contributed by atoms with Gasteiger partial charge in [0.25, 0.3) is 0 Å². The lowest BCUT2D eigenvalue weighted by Crippen LogP contribution is -2.00. The third-order valence-electron chi connectivity index (χ3n) is 2.82. The van der Waals surface area contributed by atoms with E-state index in [1.807, 2.05) is 12.2 Å². The summed E-state index contributed by atoms with van der Waals surface area (Å²) in [4.78, 5) is 11.0. The van der Waals surface area contributed by atoms with E-state index in [4.69, 9.17) is 9.84 Å². The summed E-state index contributed by atoms with van der Waals surface area (Å²) in [5.74, 6) is -0.476. The second kappa shape index (κ2) is 5.93. The van der Waals surface area contributed by atoms with Crippen molar-refractivity contribution in [3.8, 4) is 11.5 Å². The predicted octanol–water partition coefficient (Wildman–Crippen LogP) is 3.27. The van der Waals surface area contributed by atoms with E-state index in [2.05, 4.69) is 0 Å². The first kappa shape index (κ1) is 13.7. The molecular formula is C16H14O4. The molecule has 0 atom stereocenters. The van der Waals surface area contributed by atoms with Crippen LogP contribution in [-0.4, -0.2) is 23.3 Å². The smallest absolute Gasteiger partial charge is 0.339 e. The molecule has 0 bridgehead atoms. The lowest BCUT2D eigenvalue weighted by molar-refractivity contribution is 0.0693. The Hall–Kier alpha value is -2.75. The van der Waals surface area contributed by atoms with Gasteiger partial charge in [0.15, 0.2) is 0 Å². The Morgan fingerprint density at radius 2 is 1.65 bits per heavy atom. The van der Waals surface area contributed by atoms with E-state index in [1.54, 1.807) is 36.4 Å². The zero-order chi connectivity index (χ0) is 14.5. The second-order valence-corrected chi connectivity index (χ2v) is 4.19. The second-order valence-electron chi connectivity index (χ2n) is 4.19. The van der Waals surface area contributed by atoms with Crippen molar-refractivity contribution in [3.05, 3.63) is 59.2 Å². The van der Waals surface area contributed by atoms with Gasteiger partial charge >= 0.3 is 5.97 Å². The van der Waals surface area contributed by atoms with Gasteiger partial charge in [0.1, 0.15) is 17.1 Å². The number of methoxy groups -OCH3 is 1. The molecule has 2 N–H and O–H groups in total. The van der Waals surface area contributed by atoms with E-state index in [1.165, 1.54) is 13.2 Å². The molecule has 20 heavy (non-hydrogen) atoms. The van der Waals surface area contributed by atoms with Crippen molar-refractivity contribution in [1.29, 1.82) is 0 Å². The van der Waals surface area contributed by atoms with Gasteiger partial charge in [0, 0.05) is 0 Å². The quantitative estimate of drug-likeness (QED) is 0.837. The van der Waals surface area contributed by atoms with Crippen molar-refractivity contribution in [3.63, 3.8) is 0 Å². The first-order valence-electron chi connectivity index (χ1n) is 5.98. The number of phenolic OH excluding ortho intramolecular Hbond substituents is 1. The molecule has 0 amide bonds. The van der Waals surface area contributed by atoms with Crippen molar-refractivity contribution >= 4 is 18.1 Å². The van der Waals surface area contributed by atoms with E-state index < -0.39 is 5.97 Å². The molecule has 2 aromatic rings. The minimum absolute atomic E-state index is 0.134. The molecule has 4 heteroatoms. The number of aromatic carboxylic acids is 1. The lowest BCUT2D eigenvalue weighted by atomic mass is 10.1. The third kappa shape index (κ3) is 3.17. The molecule has 2 aromatic carbocycles. The van der Waals surface area contributed by atoms with E-state index in [-0.39, 0.29) is 11.3 Å². The summed E-state index contributed by atoms with van der Waals surface area (Å²) in [6.07, 6.45) is 3.72. The fourth-order valence-electron chi connectivity index (χ4n) is 1.77. The summed E-state index contributed by atoms with van der Waals surface area (Å²) in [5, 5.41) is 18.2. The Morgan fingerprint density at radius 3 is 2.25 bits per heavy atom. The number of hydrogen-bond donors (Lipinski definition) is 2. The van der Waals surface area contributed by atoms with Gasteiger partial charge < -0.3 is 14.9 Å². The maximum Gasteiger partial charge on any atom is 0.339 e. The molecule has 0 aliphatic rings. The van der Waals surface area contributed by atoms with Gasteiger partial charge in [-0.3, -0.25) is 0 Å². The zero-order valence-electron chi connectivity index (χ0n) is 10.9. The largest absolute Gasteiger partial charge is 0.508 e. The minimum Gasteiger partial charge on any atom is -0.508 e. The number of ether oxygens (including phenoxy) is 1. The highest BCUT2D eigenvalue weighted by atomic mass is 16.5. The Morgan fingerprint density at radius 1 is 1.05 bits per heavy atom.